The molecule has 0 radical (unpaired) electrons. The fourth-order valence-electron chi connectivity index (χ4n) is 6.44. The second-order valence-corrected chi connectivity index (χ2v) is 11.5. The van der Waals surface area contributed by atoms with Gasteiger partial charge in [-0.3, -0.25) is 9.79 Å². The van der Waals surface area contributed by atoms with E-state index in [1.165, 1.54) is 33.0 Å². The highest BCUT2D eigenvalue weighted by molar-refractivity contribution is 6.06. The molecule has 6 rings (SSSR count). The van der Waals surface area contributed by atoms with E-state index in [1.54, 1.807) is 7.11 Å². The lowest BCUT2D eigenvalue weighted by Crippen LogP contribution is -2.54. The molecular formula is C33H37N3O3. The first-order valence-electron chi connectivity index (χ1n) is 14.0. The van der Waals surface area contributed by atoms with Gasteiger partial charge in [-0.05, 0) is 84.8 Å². The number of ether oxygens (including phenoxy) is 2. The molecule has 0 spiro atoms. The molecule has 0 unspecified atom stereocenters. The molecule has 3 aromatic carbocycles. The summed E-state index contributed by atoms with van der Waals surface area (Å²) in [5, 5.41) is 5.57. The highest BCUT2D eigenvalue weighted by Crippen LogP contribution is 2.44. The van der Waals surface area contributed by atoms with Crippen LogP contribution in [0.4, 0.5) is 5.69 Å². The normalized spacial score (nSPS) is 20.2. The Morgan fingerprint density at radius 1 is 1.15 bits per heavy atom. The van der Waals surface area contributed by atoms with E-state index in [0.717, 1.165) is 42.0 Å². The number of methoxy groups -OCH3 is 1. The molecule has 1 N–H and O–H groups in total. The highest BCUT2D eigenvalue weighted by Gasteiger charge is 2.42. The van der Waals surface area contributed by atoms with Crippen molar-refractivity contribution in [2.45, 2.75) is 71.7 Å². The Kier molecular flexibility index (Phi) is 6.37. The summed E-state index contributed by atoms with van der Waals surface area (Å²) in [7, 11) is 1.56. The zero-order chi connectivity index (χ0) is 27.4. The van der Waals surface area contributed by atoms with Gasteiger partial charge in [-0.2, -0.15) is 0 Å². The van der Waals surface area contributed by atoms with Crippen LogP contribution in [-0.2, 0) is 22.6 Å². The number of amides is 1. The SMILES string of the molecule is C=C(N[C@H](C(=O)N1[C@@H](C)CC[C@H]1C1=Nc2ccc3cc4c(cc3c2C1)OCc1cc(C)ccc1-4)C(C)C)OC. The van der Waals surface area contributed by atoms with Crippen molar-refractivity contribution in [3.8, 4) is 16.9 Å². The molecule has 0 bridgehead atoms. The number of hydrogen-bond donors (Lipinski definition) is 1. The third kappa shape index (κ3) is 4.36. The predicted octanol–water partition coefficient (Wildman–Crippen LogP) is 6.45. The topological polar surface area (TPSA) is 63.2 Å². The molecule has 1 saturated heterocycles. The van der Waals surface area contributed by atoms with Crippen LogP contribution in [0.5, 0.6) is 5.75 Å². The Balaban J connectivity index is 1.31. The molecule has 0 aliphatic carbocycles. The maximum absolute atomic E-state index is 13.9. The van der Waals surface area contributed by atoms with E-state index >= 15 is 0 Å². The molecular weight excluding hydrogens is 486 g/mol. The smallest absolute Gasteiger partial charge is 0.246 e. The van der Waals surface area contributed by atoms with E-state index in [9.17, 15) is 4.79 Å². The molecule has 39 heavy (non-hydrogen) atoms. The minimum Gasteiger partial charge on any atom is -0.488 e. The summed E-state index contributed by atoms with van der Waals surface area (Å²) >= 11 is 0. The summed E-state index contributed by atoms with van der Waals surface area (Å²) in [6, 6.07) is 15.1. The lowest BCUT2D eigenvalue weighted by molar-refractivity contribution is -0.136. The van der Waals surface area contributed by atoms with Crippen LogP contribution < -0.4 is 10.1 Å². The van der Waals surface area contributed by atoms with Gasteiger partial charge in [0, 0.05) is 23.7 Å². The minimum atomic E-state index is -0.402. The summed E-state index contributed by atoms with van der Waals surface area (Å²) in [5.41, 5.74) is 8.18. The van der Waals surface area contributed by atoms with Gasteiger partial charge in [0.25, 0.3) is 0 Å². The number of hydrogen-bond acceptors (Lipinski definition) is 5. The van der Waals surface area contributed by atoms with Gasteiger partial charge < -0.3 is 19.7 Å². The molecule has 3 atom stereocenters. The lowest BCUT2D eigenvalue weighted by Gasteiger charge is -2.34. The third-order valence-corrected chi connectivity index (χ3v) is 8.57. The minimum absolute atomic E-state index is 0.0159. The molecule has 0 saturated carbocycles. The van der Waals surface area contributed by atoms with Crippen molar-refractivity contribution < 1.29 is 14.3 Å². The van der Waals surface area contributed by atoms with Crippen LogP contribution in [0.15, 0.2) is 59.9 Å². The van der Waals surface area contributed by atoms with Crippen molar-refractivity contribution in [1.82, 2.24) is 10.2 Å². The van der Waals surface area contributed by atoms with Crippen molar-refractivity contribution in [2.24, 2.45) is 10.9 Å². The average molecular weight is 524 g/mol. The van der Waals surface area contributed by atoms with Crippen LogP contribution in [0.25, 0.3) is 21.9 Å². The lowest BCUT2D eigenvalue weighted by atomic mass is 9.91. The van der Waals surface area contributed by atoms with Crippen molar-refractivity contribution >= 4 is 28.1 Å². The summed E-state index contributed by atoms with van der Waals surface area (Å²) in [5.74, 6) is 1.50. The van der Waals surface area contributed by atoms with Gasteiger partial charge in [-0.25, -0.2) is 0 Å². The van der Waals surface area contributed by atoms with Gasteiger partial charge in [0.1, 0.15) is 18.4 Å². The van der Waals surface area contributed by atoms with E-state index in [-0.39, 0.29) is 23.9 Å². The fraction of sp³-hybridized carbons (Fsp3) is 0.394. The molecule has 202 valence electrons. The Morgan fingerprint density at radius 3 is 2.74 bits per heavy atom. The molecule has 6 nitrogen and oxygen atoms in total. The fourth-order valence-corrected chi connectivity index (χ4v) is 6.44. The van der Waals surface area contributed by atoms with E-state index in [2.05, 4.69) is 73.1 Å². The molecule has 3 aliphatic heterocycles. The Labute approximate surface area is 230 Å². The largest absolute Gasteiger partial charge is 0.488 e. The monoisotopic (exact) mass is 523 g/mol. The molecule has 1 amide bonds. The predicted molar refractivity (Wildman–Crippen MR) is 156 cm³/mol. The molecule has 3 aliphatic rings. The third-order valence-electron chi connectivity index (χ3n) is 8.57. The second-order valence-electron chi connectivity index (χ2n) is 11.5. The van der Waals surface area contributed by atoms with Gasteiger partial charge in [-0.15, -0.1) is 0 Å². The number of nitrogens with one attached hydrogen (secondary N) is 1. The van der Waals surface area contributed by atoms with Crippen LogP contribution in [0.2, 0.25) is 0 Å². The van der Waals surface area contributed by atoms with Gasteiger partial charge >= 0.3 is 0 Å². The zero-order valence-electron chi connectivity index (χ0n) is 23.5. The molecule has 1 fully saturated rings. The van der Waals surface area contributed by atoms with E-state index in [1.807, 2.05) is 13.8 Å². The quantitative estimate of drug-likeness (QED) is 0.377. The second kappa shape index (κ2) is 9.74. The molecule has 3 heterocycles. The van der Waals surface area contributed by atoms with Crippen LogP contribution >= 0.6 is 0 Å². The summed E-state index contributed by atoms with van der Waals surface area (Å²) < 4.78 is 11.5. The van der Waals surface area contributed by atoms with Crippen LogP contribution in [-0.4, -0.2) is 41.8 Å². The summed E-state index contributed by atoms with van der Waals surface area (Å²) in [4.78, 5) is 21.0. The van der Waals surface area contributed by atoms with E-state index in [0.29, 0.717) is 12.5 Å². The van der Waals surface area contributed by atoms with Crippen molar-refractivity contribution in [2.75, 3.05) is 7.11 Å². The molecule has 6 heteroatoms. The Bertz CT molecular complexity index is 1520. The van der Waals surface area contributed by atoms with E-state index in [4.69, 9.17) is 14.5 Å². The van der Waals surface area contributed by atoms with Crippen LogP contribution in [0.3, 0.4) is 0 Å². The molecule has 0 aromatic heterocycles. The zero-order valence-corrected chi connectivity index (χ0v) is 23.5. The van der Waals surface area contributed by atoms with Gasteiger partial charge in [0.15, 0.2) is 5.88 Å². The van der Waals surface area contributed by atoms with Crippen LogP contribution in [0, 0.1) is 12.8 Å². The average Bonchev–Trinajstić information content (AvgIpc) is 3.53. The number of rotatable bonds is 6. The first-order valence-corrected chi connectivity index (χ1v) is 14.0. The summed E-state index contributed by atoms with van der Waals surface area (Å²) in [6.07, 6.45) is 2.62. The first kappa shape index (κ1) is 25.5. The summed E-state index contributed by atoms with van der Waals surface area (Å²) in [6.45, 7) is 12.8. The number of aryl methyl sites for hydroxylation is 1. The maximum Gasteiger partial charge on any atom is 0.246 e. The first-order chi connectivity index (χ1) is 18.7. The standard InChI is InChI=1S/C33H37N3O3/c1-18(2)32(34-21(5)38-6)33(37)36-20(4)8-12-30(36)29-15-26-25-16-31-27(14-22(25)9-11-28(26)35-29)24-10-7-19(3)13-23(24)17-39-31/h7,9-11,13-14,16,18,20,30,32,34H,5,8,12,15,17H2,1-4,6H3/t20-,30-,32-/m0/s1. The number of aliphatic imine (C=N–C) groups is 1. The Hall–Kier alpha value is -3.80. The van der Waals surface area contributed by atoms with Crippen molar-refractivity contribution in [3.05, 3.63) is 71.6 Å². The van der Waals surface area contributed by atoms with Gasteiger partial charge in [-0.1, -0.05) is 43.7 Å². The number of nitrogens with zero attached hydrogens (tertiary/aromatic N) is 2. The van der Waals surface area contributed by atoms with Crippen molar-refractivity contribution in [1.29, 1.82) is 0 Å². The van der Waals surface area contributed by atoms with Crippen LogP contribution in [0.1, 0.15) is 50.3 Å². The Morgan fingerprint density at radius 2 is 1.97 bits per heavy atom. The molecule has 3 aromatic rings. The van der Waals surface area contributed by atoms with E-state index < -0.39 is 6.04 Å². The van der Waals surface area contributed by atoms with Crippen molar-refractivity contribution in [3.63, 3.8) is 0 Å². The highest BCUT2D eigenvalue weighted by atomic mass is 16.5. The number of carbonyl (C=O) groups is 1. The number of carbonyl (C=O) groups excluding carboxylic acids is 1. The maximum atomic E-state index is 13.9. The number of benzene rings is 3. The van der Waals surface area contributed by atoms with Gasteiger partial charge in [0.05, 0.1) is 18.8 Å². The number of likely N-dealkylation sites (tertiary alicyclic amines) is 1. The van der Waals surface area contributed by atoms with Gasteiger partial charge in [0.2, 0.25) is 5.91 Å². The number of fused-ring (bicyclic) bond motifs is 6.